The van der Waals surface area contributed by atoms with Crippen LogP contribution in [0.4, 0.5) is 0 Å². The first kappa shape index (κ1) is 8.48. The summed E-state index contributed by atoms with van der Waals surface area (Å²) in [6.45, 7) is 0. The molecule has 0 aromatic heterocycles. The van der Waals surface area contributed by atoms with Gasteiger partial charge >= 0.3 is 92.3 Å². The van der Waals surface area contributed by atoms with Crippen LogP contribution in [-0.2, 0) is 0 Å². The van der Waals surface area contributed by atoms with Gasteiger partial charge in [-0.25, -0.2) is 0 Å². The molecule has 0 saturated heterocycles. The zero-order valence-corrected chi connectivity index (χ0v) is 10.9. The van der Waals surface area contributed by atoms with Crippen molar-refractivity contribution in [2.24, 2.45) is 0 Å². The van der Waals surface area contributed by atoms with Crippen LogP contribution >= 0.6 is 0 Å². The summed E-state index contributed by atoms with van der Waals surface area (Å²) in [6.07, 6.45) is 0. The zero-order valence-electron chi connectivity index (χ0n) is 7.73. The molecule has 0 fully saturated rings. The Labute approximate surface area is 92.3 Å². The fourth-order valence-corrected chi connectivity index (χ4v) is 6.93. The van der Waals surface area contributed by atoms with Crippen LogP contribution in [0.1, 0.15) is 0 Å². The van der Waals surface area contributed by atoms with Crippen molar-refractivity contribution in [2.75, 3.05) is 0 Å². The van der Waals surface area contributed by atoms with Gasteiger partial charge in [0.25, 0.3) is 0 Å². The molecule has 0 saturated carbocycles. The Morgan fingerprint density at radius 2 is 1.21 bits per heavy atom. The van der Waals surface area contributed by atoms with Crippen LogP contribution in [0, 0.1) is 0 Å². The molecular weight excluding hydrogens is 251 g/mol. The second-order valence-corrected chi connectivity index (χ2v) is 7.65. The van der Waals surface area contributed by atoms with Crippen molar-refractivity contribution >= 4 is 43.8 Å². The summed E-state index contributed by atoms with van der Waals surface area (Å²) in [5.41, 5.74) is 0. The second kappa shape index (κ2) is 3.39. The molecule has 0 spiro atoms. The number of hydrogen-bond donors (Lipinski definition) is 0. The van der Waals surface area contributed by atoms with Gasteiger partial charge in [-0.2, -0.15) is 0 Å². The summed E-state index contributed by atoms with van der Waals surface area (Å²) < 4.78 is 3.23. The molecule has 0 radical (unpaired) electrons. The van der Waals surface area contributed by atoms with Gasteiger partial charge in [-0.05, 0) is 0 Å². The van der Waals surface area contributed by atoms with Crippen LogP contribution in [0.15, 0.2) is 48.5 Å². The van der Waals surface area contributed by atoms with E-state index in [1.165, 1.54) is 0 Å². The third kappa shape index (κ3) is 1.36. The standard InChI is InChI=1S/C12H10SeSi/c1-3-7-11-9(5-1)13-10-6-2-4-8-12(10)14-11/h1-8H,14H2. The van der Waals surface area contributed by atoms with E-state index in [0.29, 0.717) is 15.0 Å². The van der Waals surface area contributed by atoms with Crippen LogP contribution in [0.3, 0.4) is 0 Å². The Kier molecular flexibility index (Phi) is 2.05. The van der Waals surface area contributed by atoms with Crippen molar-refractivity contribution in [1.82, 2.24) is 0 Å². The van der Waals surface area contributed by atoms with Crippen molar-refractivity contribution in [3.05, 3.63) is 48.5 Å². The van der Waals surface area contributed by atoms with Gasteiger partial charge < -0.3 is 0 Å². The predicted octanol–water partition coefficient (Wildman–Crippen LogP) is -1.23. The van der Waals surface area contributed by atoms with E-state index in [0.717, 1.165) is 0 Å². The summed E-state index contributed by atoms with van der Waals surface area (Å²) >= 11 is 0.554. The third-order valence-corrected chi connectivity index (χ3v) is 8.28. The van der Waals surface area contributed by atoms with E-state index in [2.05, 4.69) is 48.5 Å². The molecule has 1 heterocycles. The molecule has 1 aliphatic heterocycles. The minimum absolute atomic E-state index is 0.179. The normalized spacial score (nSPS) is 13.1. The van der Waals surface area contributed by atoms with E-state index >= 15 is 0 Å². The summed E-state index contributed by atoms with van der Waals surface area (Å²) in [6, 6.07) is 17.9. The Balaban J connectivity index is 2.12. The molecule has 2 aromatic carbocycles. The van der Waals surface area contributed by atoms with Crippen LogP contribution in [0.5, 0.6) is 0 Å². The molecule has 14 heavy (non-hydrogen) atoms. The topological polar surface area (TPSA) is 0 Å². The number of benzene rings is 2. The summed E-state index contributed by atoms with van der Waals surface area (Å²) in [5.74, 6) is 0. The van der Waals surface area contributed by atoms with Gasteiger partial charge in [-0.3, -0.25) is 0 Å². The fourth-order valence-electron chi connectivity index (χ4n) is 1.82. The molecule has 0 bridgehead atoms. The average molecular weight is 261 g/mol. The molecule has 2 aromatic rings. The van der Waals surface area contributed by atoms with E-state index in [1.54, 1.807) is 19.3 Å². The first-order valence-corrected chi connectivity index (χ1v) is 7.90. The van der Waals surface area contributed by atoms with Gasteiger partial charge in [0, 0.05) is 0 Å². The van der Waals surface area contributed by atoms with Gasteiger partial charge in [0.1, 0.15) is 0 Å². The monoisotopic (exact) mass is 262 g/mol. The molecule has 2 heteroatoms. The minimum atomic E-state index is -0.179. The van der Waals surface area contributed by atoms with Crippen LogP contribution in [0.25, 0.3) is 0 Å². The van der Waals surface area contributed by atoms with E-state index in [1.807, 2.05) is 0 Å². The molecule has 68 valence electrons. The van der Waals surface area contributed by atoms with Crippen molar-refractivity contribution < 1.29 is 0 Å². The van der Waals surface area contributed by atoms with Gasteiger partial charge in [0.05, 0.1) is 0 Å². The number of rotatable bonds is 0. The van der Waals surface area contributed by atoms with E-state index in [9.17, 15) is 0 Å². The molecule has 1 aliphatic rings. The average Bonchev–Trinajstić information content (AvgIpc) is 2.26. The fraction of sp³-hybridized carbons (Fsp3) is 0. The molecule has 0 N–H and O–H groups in total. The second-order valence-electron chi connectivity index (χ2n) is 3.49. The quantitative estimate of drug-likeness (QED) is 0.445. The number of fused-ring (bicyclic) bond motifs is 2. The number of hydrogen-bond acceptors (Lipinski definition) is 0. The molecule has 3 rings (SSSR count). The van der Waals surface area contributed by atoms with Crippen LogP contribution in [-0.4, -0.2) is 24.5 Å². The summed E-state index contributed by atoms with van der Waals surface area (Å²) in [5, 5.41) is 3.32. The van der Waals surface area contributed by atoms with E-state index in [-0.39, 0.29) is 9.52 Å². The molecule has 0 aliphatic carbocycles. The van der Waals surface area contributed by atoms with Crippen molar-refractivity contribution in [3.63, 3.8) is 0 Å². The molecule has 0 nitrogen and oxygen atoms in total. The first-order valence-electron chi connectivity index (χ1n) is 4.77. The summed E-state index contributed by atoms with van der Waals surface area (Å²) in [7, 11) is -0.179. The zero-order chi connectivity index (χ0) is 9.38. The Bertz CT molecular complexity index is 392. The van der Waals surface area contributed by atoms with Gasteiger partial charge in [-0.1, -0.05) is 0 Å². The predicted molar refractivity (Wildman–Crippen MR) is 65.7 cm³/mol. The van der Waals surface area contributed by atoms with Gasteiger partial charge in [-0.15, -0.1) is 0 Å². The maximum absolute atomic E-state index is 2.32. The van der Waals surface area contributed by atoms with Crippen molar-refractivity contribution in [2.45, 2.75) is 0 Å². The van der Waals surface area contributed by atoms with Crippen LogP contribution < -0.4 is 19.3 Å². The van der Waals surface area contributed by atoms with Gasteiger partial charge in [0.15, 0.2) is 0 Å². The third-order valence-electron chi connectivity index (χ3n) is 2.55. The van der Waals surface area contributed by atoms with E-state index in [4.69, 9.17) is 0 Å². The van der Waals surface area contributed by atoms with Crippen molar-refractivity contribution in [1.29, 1.82) is 0 Å². The van der Waals surface area contributed by atoms with E-state index < -0.39 is 0 Å². The Hall–Kier alpha value is -0.824. The Morgan fingerprint density at radius 3 is 1.79 bits per heavy atom. The maximum atomic E-state index is 2.32. The van der Waals surface area contributed by atoms with Gasteiger partial charge in [0.2, 0.25) is 0 Å². The molecule has 0 unspecified atom stereocenters. The summed E-state index contributed by atoms with van der Waals surface area (Å²) in [4.78, 5) is 0. The SMILES string of the molecule is c1ccc2c(c1)[SiH2]c1ccccc1[Se]2. The van der Waals surface area contributed by atoms with Crippen LogP contribution in [0.2, 0.25) is 0 Å². The molecule has 0 atom stereocenters. The Morgan fingerprint density at radius 1 is 0.714 bits per heavy atom. The van der Waals surface area contributed by atoms with Crippen molar-refractivity contribution in [3.8, 4) is 0 Å². The molecule has 0 amide bonds. The first-order chi connectivity index (χ1) is 6.93. The molecular formula is C12H10SeSi.